The van der Waals surface area contributed by atoms with Crippen molar-refractivity contribution in [3.63, 3.8) is 0 Å². The van der Waals surface area contributed by atoms with Crippen LogP contribution in [-0.2, 0) is 4.79 Å². The zero-order valence-electron chi connectivity index (χ0n) is 12.3. The maximum Gasteiger partial charge on any atom is 0.223 e. The van der Waals surface area contributed by atoms with Gasteiger partial charge in [-0.1, -0.05) is 44.2 Å². The lowest BCUT2D eigenvalue weighted by molar-refractivity contribution is -0.124. The number of carbonyl (C=O) groups excluding carboxylic acids is 1. The molecule has 0 aliphatic heterocycles. The number of amides is 1. The van der Waals surface area contributed by atoms with Crippen molar-refractivity contribution in [2.75, 3.05) is 0 Å². The molecule has 3 nitrogen and oxygen atoms in total. The summed E-state index contributed by atoms with van der Waals surface area (Å²) in [7, 11) is 0. The molecule has 0 saturated carbocycles. The van der Waals surface area contributed by atoms with Crippen LogP contribution in [0.3, 0.4) is 0 Å². The molecule has 0 radical (unpaired) electrons. The highest BCUT2D eigenvalue weighted by atomic mass is 32.1. The van der Waals surface area contributed by atoms with Crippen LogP contribution in [0.4, 0.5) is 0 Å². The van der Waals surface area contributed by atoms with Gasteiger partial charge in [-0.2, -0.15) is 0 Å². The molecule has 2 rings (SSSR count). The summed E-state index contributed by atoms with van der Waals surface area (Å²) in [6.45, 7) is 7.81. The van der Waals surface area contributed by atoms with Crippen LogP contribution < -0.4 is 5.32 Å². The van der Waals surface area contributed by atoms with Gasteiger partial charge in [-0.25, -0.2) is 4.98 Å². The Kier molecular flexibility index (Phi) is 4.55. The van der Waals surface area contributed by atoms with Gasteiger partial charge in [0.15, 0.2) is 0 Å². The van der Waals surface area contributed by atoms with Crippen molar-refractivity contribution < 1.29 is 4.79 Å². The van der Waals surface area contributed by atoms with E-state index in [1.165, 1.54) is 0 Å². The van der Waals surface area contributed by atoms with Crippen LogP contribution in [0.1, 0.15) is 37.4 Å². The Labute approximate surface area is 124 Å². The van der Waals surface area contributed by atoms with Gasteiger partial charge in [-0.05, 0) is 13.8 Å². The van der Waals surface area contributed by atoms with Crippen LogP contribution in [0.2, 0.25) is 0 Å². The Morgan fingerprint density at radius 1 is 1.20 bits per heavy atom. The van der Waals surface area contributed by atoms with Crippen molar-refractivity contribution in [3.8, 4) is 10.6 Å². The summed E-state index contributed by atoms with van der Waals surface area (Å²) >= 11 is 1.65. The van der Waals surface area contributed by atoms with Crippen LogP contribution in [0.5, 0.6) is 0 Å². The molecule has 106 valence electrons. The van der Waals surface area contributed by atoms with Gasteiger partial charge in [-0.15, -0.1) is 11.3 Å². The molecule has 0 aliphatic rings. The minimum Gasteiger partial charge on any atom is -0.348 e. The molecule has 4 heteroatoms. The average molecular weight is 288 g/mol. The van der Waals surface area contributed by atoms with Gasteiger partial charge in [0.1, 0.15) is 5.01 Å². The molecule has 0 unspecified atom stereocenters. The zero-order valence-corrected chi connectivity index (χ0v) is 13.1. The number of thiazole rings is 1. The largest absolute Gasteiger partial charge is 0.348 e. The molecule has 0 saturated heterocycles. The molecule has 1 heterocycles. The van der Waals surface area contributed by atoms with Crippen molar-refractivity contribution in [1.82, 2.24) is 10.3 Å². The van der Waals surface area contributed by atoms with Crippen LogP contribution in [0.25, 0.3) is 10.6 Å². The SMILES string of the molecule is Cc1nc(-c2ccccc2)sc1[C@@H](C)NC(=O)C(C)C. The van der Waals surface area contributed by atoms with E-state index in [1.807, 2.05) is 45.9 Å². The molecule has 0 aliphatic carbocycles. The highest BCUT2D eigenvalue weighted by Gasteiger charge is 2.18. The predicted octanol–water partition coefficient (Wildman–Crippen LogP) is 3.95. The highest BCUT2D eigenvalue weighted by Crippen LogP contribution is 2.31. The van der Waals surface area contributed by atoms with Gasteiger partial charge in [0, 0.05) is 11.5 Å². The molecule has 0 bridgehead atoms. The fourth-order valence-corrected chi connectivity index (χ4v) is 3.03. The predicted molar refractivity (Wildman–Crippen MR) is 83.7 cm³/mol. The molecule has 1 amide bonds. The van der Waals surface area contributed by atoms with Crippen molar-refractivity contribution >= 4 is 17.2 Å². The van der Waals surface area contributed by atoms with Crippen molar-refractivity contribution in [3.05, 3.63) is 40.9 Å². The van der Waals surface area contributed by atoms with E-state index in [-0.39, 0.29) is 17.9 Å². The first-order valence-corrected chi connectivity index (χ1v) is 7.63. The Bertz CT molecular complexity index is 590. The number of hydrogen-bond acceptors (Lipinski definition) is 3. The molecule has 0 spiro atoms. The van der Waals surface area contributed by atoms with E-state index >= 15 is 0 Å². The normalized spacial score (nSPS) is 12.4. The summed E-state index contributed by atoms with van der Waals surface area (Å²) in [4.78, 5) is 17.5. The minimum absolute atomic E-state index is 0.000128. The third-order valence-electron chi connectivity index (χ3n) is 3.13. The van der Waals surface area contributed by atoms with E-state index < -0.39 is 0 Å². The molecule has 1 aromatic heterocycles. The lowest BCUT2D eigenvalue weighted by Crippen LogP contribution is -2.30. The second-order valence-corrected chi connectivity index (χ2v) is 6.25. The Morgan fingerprint density at radius 2 is 1.85 bits per heavy atom. The van der Waals surface area contributed by atoms with E-state index in [0.29, 0.717) is 0 Å². The quantitative estimate of drug-likeness (QED) is 0.925. The van der Waals surface area contributed by atoms with E-state index in [2.05, 4.69) is 22.4 Å². The summed E-state index contributed by atoms with van der Waals surface area (Å²) in [6.07, 6.45) is 0. The Balaban J connectivity index is 2.22. The number of aryl methyl sites for hydroxylation is 1. The summed E-state index contributed by atoms with van der Waals surface area (Å²) < 4.78 is 0. The lowest BCUT2D eigenvalue weighted by Gasteiger charge is -2.14. The number of rotatable bonds is 4. The summed E-state index contributed by atoms with van der Waals surface area (Å²) in [5.74, 6) is 0.0748. The fraction of sp³-hybridized carbons (Fsp3) is 0.375. The molecule has 1 aromatic carbocycles. The van der Waals surface area contributed by atoms with E-state index in [1.54, 1.807) is 11.3 Å². The van der Waals surface area contributed by atoms with Crippen molar-refractivity contribution in [2.24, 2.45) is 5.92 Å². The smallest absolute Gasteiger partial charge is 0.223 e. The van der Waals surface area contributed by atoms with Gasteiger partial charge >= 0.3 is 0 Å². The first-order valence-electron chi connectivity index (χ1n) is 6.82. The van der Waals surface area contributed by atoms with E-state index in [4.69, 9.17) is 0 Å². The minimum atomic E-state index is -0.000675. The van der Waals surface area contributed by atoms with Crippen LogP contribution in [-0.4, -0.2) is 10.9 Å². The van der Waals surface area contributed by atoms with Crippen molar-refractivity contribution in [2.45, 2.75) is 33.7 Å². The van der Waals surface area contributed by atoms with Gasteiger partial charge < -0.3 is 5.32 Å². The first kappa shape index (κ1) is 14.7. The molecule has 1 N–H and O–H groups in total. The second-order valence-electron chi connectivity index (χ2n) is 5.22. The Hall–Kier alpha value is -1.68. The molecule has 20 heavy (non-hydrogen) atoms. The molecule has 1 atom stereocenters. The van der Waals surface area contributed by atoms with Crippen molar-refractivity contribution in [1.29, 1.82) is 0 Å². The van der Waals surface area contributed by atoms with Crippen LogP contribution in [0, 0.1) is 12.8 Å². The Morgan fingerprint density at radius 3 is 2.45 bits per heavy atom. The zero-order chi connectivity index (χ0) is 14.7. The fourth-order valence-electron chi connectivity index (χ4n) is 1.96. The number of nitrogens with zero attached hydrogens (tertiary/aromatic N) is 1. The summed E-state index contributed by atoms with van der Waals surface area (Å²) in [6, 6.07) is 10.1. The average Bonchev–Trinajstić information content (AvgIpc) is 2.81. The molecular formula is C16H20N2OS. The van der Waals surface area contributed by atoms with Gasteiger partial charge in [0.05, 0.1) is 16.6 Å². The van der Waals surface area contributed by atoms with Gasteiger partial charge in [-0.3, -0.25) is 4.79 Å². The summed E-state index contributed by atoms with van der Waals surface area (Å²) in [5, 5.41) is 4.04. The second kappa shape index (κ2) is 6.18. The topological polar surface area (TPSA) is 42.0 Å². The van der Waals surface area contributed by atoms with E-state index in [9.17, 15) is 4.79 Å². The number of carbonyl (C=O) groups is 1. The van der Waals surface area contributed by atoms with Gasteiger partial charge in [0.2, 0.25) is 5.91 Å². The van der Waals surface area contributed by atoms with Crippen LogP contribution in [0.15, 0.2) is 30.3 Å². The molecule has 2 aromatic rings. The number of aromatic nitrogens is 1. The standard InChI is InChI=1S/C16H20N2OS/c1-10(2)15(19)17-11(3)14-12(4)18-16(20-14)13-8-6-5-7-9-13/h5-11H,1-4H3,(H,17,19)/t11-/m1/s1. The highest BCUT2D eigenvalue weighted by molar-refractivity contribution is 7.15. The van der Waals surface area contributed by atoms with Crippen LogP contribution >= 0.6 is 11.3 Å². The monoisotopic (exact) mass is 288 g/mol. The van der Waals surface area contributed by atoms with E-state index in [0.717, 1.165) is 21.1 Å². The third kappa shape index (κ3) is 3.25. The maximum absolute atomic E-state index is 11.8. The molecular weight excluding hydrogens is 268 g/mol. The lowest BCUT2D eigenvalue weighted by atomic mass is 10.1. The maximum atomic E-state index is 11.8. The number of nitrogens with one attached hydrogen (secondary N) is 1. The molecule has 0 fully saturated rings. The number of hydrogen-bond donors (Lipinski definition) is 1. The van der Waals surface area contributed by atoms with Gasteiger partial charge in [0.25, 0.3) is 0 Å². The summed E-state index contributed by atoms with van der Waals surface area (Å²) in [5.41, 5.74) is 2.11. The first-order chi connectivity index (χ1) is 9.49. The number of benzene rings is 1. The third-order valence-corrected chi connectivity index (χ3v) is 4.52.